The van der Waals surface area contributed by atoms with E-state index in [0.29, 0.717) is 17.7 Å². The van der Waals surface area contributed by atoms with Gasteiger partial charge < -0.3 is 10.1 Å². The summed E-state index contributed by atoms with van der Waals surface area (Å²) in [4.78, 5) is 12.5. The number of amides is 1. The van der Waals surface area contributed by atoms with E-state index < -0.39 is 17.8 Å². The first-order valence-electron chi connectivity index (χ1n) is 8.96. The Morgan fingerprint density at radius 2 is 1.75 bits per heavy atom. The smallest absolute Gasteiger partial charge is 0.416 e. The third kappa shape index (κ3) is 4.63. The molecule has 0 aliphatic rings. The lowest BCUT2D eigenvalue weighted by molar-refractivity contribution is -0.137. The molecule has 0 aliphatic heterocycles. The van der Waals surface area contributed by atoms with E-state index in [-0.39, 0.29) is 12.5 Å². The molecule has 0 aromatic heterocycles. The zero-order chi connectivity index (χ0) is 20.1. The summed E-state index contributed by atoms with van der Waals surface area (Å²) in [7, 11) is 0. The number of carbonyl (C=O) groups is 1. The topological polar surface area (TPSA) is 38.3 Å². The van der Waals surface area contributed by atoms with Crippen LogP contribution in [0, 0.1) is 0 Å². The molecule has 3 aromatic carbocycles. The Balaban J connectivity index is 1.69. The van der Waals surface area contributed by atoms with Gasteiger partial charge in [0.1, 0.15) is 5.75 Å². The average molecular weight is 387 g/mol. The van der Waals surface area contributed by atoms with Crippen LogP contribution in [-0.4, -0.2) is 12.0 Å². The first-order valence-corrected chi connectivity index (χ1v) is 8.96. The highest BCUT2D eigenvalue weighted by Crippen LogP contribution is 2.29. The van der Waals surface area contributed by atoms with E-state index in [4.69, 9.17) is 4.74 Å². The summed E-state index contributed by atoms with van der Waals surface area (Å²) in [5.41, 5.74) is -0.360. The van der Waals surface area contributed by atoms with Crippen LogP contribution in [0.15, 0.2) is 66.7 Å². The molecule has 1 N–H and O–H groups in total. The van der Waals surface area contributed by atoms with E-state index in [2.05, 4.69) is 5.32 Å². The third-order valence-corrected chi connectivity index (χ3v) is 4.40. The predicted molar refractivity (Wildman–Crippen MR) is 102 cm³/mol. The Kier molecular flexibility index (Phi) is 5.87. The SMILES string of the molecule is CC[C@H](Oc1cccc2ccccc12)C(=O)NCc1cccc(C(F)(F)F)c1. The first kappa shape index (κ1) is 19.7. The van der Waals surface area contributed by atoms with Crippen molar-refractivity contribution in [2.45, 2.75) is 32.2 Å². The molecule has 3 nitrogen and oxygen atoms in total. The minimum atomic E-state index is -4.41. The van der Waals surface area contributed by atoms with Crippen molar-refractivity contribution in [3.63, 3.8) is 0 Å². The number of nitrogens with one attached hydrogen (secondary N) is 1. The summed E-state index contributed by atoms with van der Waals surface area (Å²) in [6.45, 7) is 1.82. The molecule has 1 amide bonds. The molecule has 0 saturated heterocycles. The number of halogens is 3. The molecule has 28 heavy (non-hydrogen) atoms. The van der Waals surface area contributed by atoms with Crippen molar-refractivity contribution in [3.05, 3.63) is 77.9 Å². The van der Waals surface area contributed by atoms with Gasteiger partial charge in [-0.2, -0.15) is 13.2 Å². The van der Waals surface area contributed by atoms with Crippen molar-refractivity contribution < 1.29 is 22.7 Å². The van der Waals surface area contributed by atoms with Gasteiger partial charge in [0.2, 0.25) is 0 Å². The second-order valence-corrected chi connectivity index (χ2v) is 6.41. The van der Waals surface area contributed by atoms with Gasteiger partial charge in [-0.1, -0.05) is 55.5 Å². The lowest BCUT2D eigenvalue weighted by Gasteiger charge is -2.19. The van der Waals surface area contributed by atoms with Gasteiger partial charge >= 0.3 is 6.18 Å². The van der Waals surface area contributed by atoms with Crippen molar-refractivity contribution in [2.75, 3.05) is 0 Å². The number of hydrogen-bond acceptors (Lipinski definition) is 2. The van der Waals surface area contributed by atoms with Crippen LogP contribution in [0.25, 0.3) is 10.8 Å². The molecular formula is C22H20F3NO2. The number of carbonyl (C=O) groups excluding carboxylic acids is 1. The van der Waals surface area contributed by atoms with E-state index in [1.165, 1.54) is 6.07 Å². The maximum absolute atomic E-state index is 12.8. The average Bonchev–Trinajstić information content (AvgIpc) is 2.70. The molecule has 3 aromatic rings. The molecule has 0 radical (unpaired) electrons. The number of rotatable bonds is 6. The molecule has 0 unspecified atom stereocenters. The molecule has 0 spiro atoms. The zero-order valence-electron chi connectivity index (χ0n) is 15.3. The Morgan fingerprint density at radius 3 is 2.50 bits per heavy atom. The fourth-order valence-corrected chi connectivity index (χ4v) is 2.93. The second kappa shape index (κ2) is 8.33. The van der Waals surface area contributed by atoms with Crippen LogP contribution in [0.3, 0.4) is 0 Å². The molecule has 6 heteroatoms. The molecule has 0 bridgehead atoms. The van der Waals surface area contributed by atoms with Crippen LogP contribution in [0.4, 0.5) is 13.2 Å². The fraction of sp³-hybridized carbons (Fsp3) is 0.227. The minimum absolute atomic E-state index is 0.00183. The van der Waals surface area contributed by atoms with E-state index >= 15 is 0 Å². The summed E-state index contributed by atoms with van der Waals surface area (Å²) in [5, 5.41) is 4.56. The van der Waals surface area contributed by atoms with Gasteiger partial charge in [-0.05, 0) is 35.6 Å². The number of fused-ring (bicyclic) bond motifs is 1. The Morgan fingerprint density at radius 1 is 1.04 bits per heavy atom. The van der Waals surface area contributed by atoms with Crippen molar-refractivity contribution in [3.8, 4) is 5.75 Å². The normalized spacial score (nSPS) is 12.6. The number of benzene rings is 3. The summed E-state index contributed by atoms with van der Waals surface area (Å²) in [6, 6.07) is 18.2. The van der Waals surface area contributed by atoms with Crippen LogP contribution in [-0.2, 0) is 17.5 Å². The minimum Gasteiger partial charge on any atom is -0.480 e. The zero-order valence-corrected chi connectivity index (χ0v) is 15.3. The second-order valence-electron chi connectivity index (χ2n) is 6.41. The maximum atomic E-state index is 12.8. The Hall–Kier alpha value is -3.02. The molecule has 146 valence electrons. The van der Waals surface area contributed by atoms with E-state index in [9.17, 15) is 18.0 Å². The highest BCUT2D eigenvalue weighted by atomic mass is 19.4. The van der Waals surface area contributed by atoms with Crippen molar-refractivity contribution in [1.29, 1.82) is 0 Å². The fourth-order valence-electron chi connectivity index (χ4n) is 2.93. The summed E-state index contributed by atoms with van der Waals surface area (Å²) >= 11 is 0. The summed E-state index contributed by atoms with van der Waals surface area (Å²) in [6.07, 6.45) is -4.72. The Bertz CT molecular complexity index is 964. The van der Waals surface area contributed by atoms with Gasteiger partial charge in [0.05, 0.1) is 5.56 Å². The van der Waals surface area contributed by atoms with Gasteiger partial charge in [0.25, 0.3) is 5.91 Å². The van der Waals surface area contributed by atoms with Crippen LogP contribution in [0.5, 0.6) is 5.75 Å². The van der Waals surface area contributed by atoms with Crippen LogP contribution in [0.2, 0.25) is 0 Å². The first-order chi connectivity index (χ1) is 13.4. The third-order valence-electron chi connectivity index (χ3n) is 4.40. The maximum Gasteiger partial charge on any atom is 0.416 e. The molecule has 3 rings (SSSR count). The Labute approximate surface area is 161 Å². The summed E-state index contributed by atoms with van der Waals surface area (Å²) < 4.78 is 44.3. The van der Waals surface area contributed by atoms with E-state index in [1.807, 2.05) is 43.3 Å². The quantitative estimate of drug-likeness (QED) is 0.621. The van der Waals surface area contributed by atoms with Gasteiger partial charge in [0.15, 0.2) is 6.10 Å². The monoisotopic (exact) mass is 387 g/mol. The van der Waals surface area contributed by atoms with Gasteiger partial charge in [-0.3, -0.25) is 4.79 Å². The largest absolute Gasteiger partial charge is 0.480 e. The molecule has 0 saturated carbocycles. The number of ether oxygens (including phenoxy) is 1. The number of alkyl halides is 3. The standard InChI is InChI=1S/C22H20F3NO2/c1-2-19(28-20-12-6-9-16-8-3-4-11-18(16)20)21(27)26-14-15-7-5-10-17(13-15)22(23,24)25/h3-13,19H,2,14H2,1H3,(H,26,27)/t19-/m0/s1. The molecule has 0 fully saturated rings. The highest BCUT2D eigenvalue weighted by Gasteiger charge is 2.30. The van der Waals surface area contributed by atoms with Crippen molar-refractivity contribution >= 4 is 16.7 Å². The van der Waals surface area contributed by atoms with Crippen LogP contribution < -0.4 is 10.1 Å². The lowest BCUT2D eigenvalue weighted by atomic mass is 10.1. The summed E-state index contributed by atoms with van der Waals surface area (Å²) in [5.74, 6) is 0.229. The number of hydrogen-bond donors (Lipinski definition) is 1. The van der Waals surface area contributed by atoms with Crippen molar-refractivity contribution in [1.82, 2.24) is 5.32 Å². The van der Waals surface area contributed by atoms with Gasteiger partial charge in [0, 0.05) is 11.9 Å². The van der Waals surface area contributed by atoms with Crippen LogP contribution >= 0.6 is 0 Å². The predicted octanol–water partition coefficient (Wildman–Crippen LogP) is 5.33. The van der Waals surface area contributed by atoms with Crippen molar-refractivity contribution in [2.24, 2.45) is 0 Å². The van der Waals surface area contributed by atoms with E-state index in [1.54, 1.807) is 12.1 Å². The lowest BCUT2D eigenvalue weighted by Crippen LogP contribution is -2.37. The van der Waals surface area contributed by atoms with E-state index in [0.717, 1.165) is 22.9 Å². The highest BCUT2D eigenvalue weighted by molar-refractivity contribution is 5.89. The molecule has 0 aliphatic carbocycles. The van der Waals surface area contributed by atoms with Gasteiger partial charge in [-0.15, -0.1) is 0 Å². The molecule has 0 heterocycles. The molecular weight excluding hydrogens is 367 g/mol. The van der Waals surface area contributed by atoms with Gasteiger partial charge in [-0.25, -0.2) is 0 Å². The molecule has 1 atom stereocenters. The van der Waals surface area contributed by atoms with Crippen LogP contribution in [0.1, 0.15) is 24.5 Å².